The van der Waals surface area contributed by atoms with Crippen LogP contribution in [0.25, 0.3) is 0 Å². The van der Waals surface area contributed by atoms with Crippen LogP contribution < -0.4 is 5.32 Å². The number of carbonyl (C=O) groups excluding carboxylic acids is 3. The molecule has 2 atom stereocenters. The molecule has 2 amide bonds. The number of fused-ring (bicyclic) bond motifs is 1. The molecule has 7 nitrogen and oxygen atoms in total. The van der Waals surface area contributed by atoms with Gasteiger partial charge in [0, 0.05) is 37.3 Å². The molecule has 1 aliphatic heterocycles. The second-order valence-corrected chi connectivity index (χ2v) is 7.31. The van der Waals surface area contributed by atoms with E-state index in [1.807, 2.05) is 23.1 Å². The largest absolute Gasteiger partial charge is 0.346 e. The second-order valence-electron chi connectivity index (χ2n) is 7.31. The van der Waals surface area contributed by atoms with Crippen molar-refractivity contribution >= 4 is 17.6 Å². The first-order valence-electron chi connectivity index (χ1n) is 9.63. The fraction of sp³-hybridized carbons (Fsp3) is 0.381. The van der Waals surface area contributed by atoms with Crippen LogP contribution in [0.3, 0.4) is 0 Å². The fourth-order valence-electron chi connectivity index (χ4n) is 4.07. The highest BCUT2D eigenvalue weighted by Crippen LogP contribution is 2.33. The molecule has 4 rings (SSSR count). The van der Waals surface area contributed by atoms with E-state index < -0.39 is 0 Å². The summed E-state index contributed by atoms with van der Waals surface area (Å²) >= 11 is 0. The maximum Gasteiger partial charge on any atom is 0.272 e. The maximum absolute atomic E-state index is 13.2. The molecule has 0 radical (unpaired) electrons. The van der Waals surface area contributed by atoms with Crippen molar-refractivity contribution in [2.45, 2.75) is 37.6 Å². The number of benzene rings is 1. The third kappa shape index (κ3) is 3.65. The van der Waals surface area contributed by atoms with Crippen LogP contribution in [0.2, 0.25) is 0 Å². The summed E-state index contributed by atoms with van der Waals surface area (Å²) in [5, 5.41) is 10.5. The van der Waals surface area contributed by atoms with E-state index in [-0.39, 0.29) is 35.3 Å². The molecule has 2 aliphatic rings. The minimum Gasteiger partial charge on any atom is -0.346 e. The van der Waals surface area contributed by atoms with Gasteiger partial charge in [-0.25, -0.2) is 0 Å². The third-order valence-corrected chi connectivity index (χ3v) is 5.47. The van der Waals surface area contributed by atoms with Gasteiger partial charge in [-0.1, -0.05) is 24.3 Å². The first-order chi connectivity index (χ1) is 13.6. The number of piperidine rings is 1. The molecule has 0 saturated carbocycles. The minimum atomic E-state index is -0.289. The number of hydrogen-bond acceptors (Lipinski definition) is 5. The Morgan fingerprint density at radius 2 is 1.96 bits per heavy atom. The van der Waals surface area contributed by atoms with Crippen LogP contribution in [0.5, 0.6) is 0 Å². The Hall–Kier alpha value is -3.09. The van der Waals surface area contributed by atoms with Gasteiger partial charge in [0.1, 0.15) is 0 Å². The van der Waals surface area contributed by atoms with Gasteiger partial charge in [-0.05, 0) is 37.0 Å². The Labute approximate surface area is 163 Å². The van der Waals surface area contributed by atoms with Crippen molar-refractivity contribution in [2.24, 2.45) is 0 Å². The average molecular weight is 378 g/mol. The number of likely N-dealkylation sites (tertiary alicyclic amines) is 1. The van der Waals surface area contributed by atoms with Crippen molar-refractivity contribution in [3.63, 3.8) is 0 Å². The van der Waals surface area contributed by atoms with Gasteiger partial charge in [0.25, 0.3) is 5.91 Å². The summed E-state index contributed by atoms with van der Waals surface area (Å²) < 4.78 is 0. The maximum atomic E-state index is 13.2. The Balaban J connectivity index is 1.45. The predicted octanol–water partition coefficient (Wildman–Crippen LogP) is 1.96. The molecule has 28 heavy (non-hydrogen) atoms. The van der Waals surface area contributed by atoms with Crippen LogP contribution in [-0.4, -0.2) is 51.8 Å². The molecule has 7 heteroatoms. The molecule has 1 aromatic carbocycles. The molecule has 2 heterocycles. The van der Waals surface area contributed by atoms with E-state index in [2.05, 4.69) is 15.5 Å². The normalized spacial score (nSPS) is 21.7. The minimum absolute atomic E-state index is 0.0402. The summed E-state index contributed by atoms with van der Waals surface area (Å²) in [4.78, 5) is 39.5. The van der Waals surface area contributed by atoms with Crippen molar-refractivity contribution in [1.29, 1.82) is 0 Å². The SMILES string of the molecule is O=C(N[C@@H]1CCCN(C(=O)C2CCC(=O)c3ccccc32)C1)c1cccnn1. The van der Waals surface area contributed by atoms with Crippen molar-refractivity contribution < 1.29 is 14.4 Å². The van der Waals surface area contributed by atoms with Crippen LogP contribution in [0.4, 0.5) is 0 Å². The van der Waals surface area contributed by atoms with E-state index in [4.69, 9.17) is 0 Å². The Bertz CT molecular complexity index is 900. The van der Waals surface area contributed by atoms with E-state index in [9.17, 15) is 14.4 Å². The summed E-state index contributed by atoms with van der Waals surface area (Å²) in [6.07, 6.45) is 4.10. The van der Waals surface area contributed by atoms with E-state index in [1.165, 1.54) is 6.20 Å². The number of hydrogen-bond donors (Lipinski definition) is 1. The number of Topliss-reactive ketones (excluding diaryl/α,β-unsaturated/α-hetero) is 1. The lowest BCUT2D eigenvalue weighted by Gasteiger charge is -2.36. The molecule has 144 valence electrons. The van der Waals surface area contributed by atoms with Crippen molar-refractivity contribution in [1.82, 2.24) is 20.4 Å². The van der Waals surface area contributed by atoms with Gasteiger partial charge in [-0.2, -0.15) is 5.10 Å². The van der Waals surface area contributed by atoms with Gasteiger partial charge < -0.3 is 10.2 Å². The van der Waals surface area contributed by atoms with Gasteiger partial charge in [0.05, 0.1) is 5.92 Å². The van der Waals surface area contributed by atoms with Crippen molar-refractivity contribution in [2.75, 3.05) is 13.1 Å². The molecule has 1 saturated heterocycles. The molecule has 1 unspecified atom stereocenters. The number of nitrogens with one attached hydrogen (secondary N) is 1. The van der Waals surface area contributed by atoms with Crippen LogP contribution >= 0.6 is 0 Å². The summed E-state index contributed by atoms with van der Waals surface area (Å²) in [6.45, 7) is 1.14. The van der Waals surface area contributed by atoms with Crippen LogP contribution in [0.1, 0.15) is 58.0 Å². The lowest BCUT2D eigenvalue weighted by atomic mass is 9.81. The van der Waals surface area contributed by atoms with E-state index in [1.54, 1.807) is 18.2 Å². The average Bonchev–Trinajstić information content (AvgIpc) is 2.74. The standard InChI is InChI=1S/C21H22N4O3/c26-19-10-9-17(15-6-1-2-7-16(15)19)21(28)25-12-4-5-14(13-25)23-20(27)18-8-3-11-22-24-18/h1-3,6-8,11,14,17H,4-5,9-10,12-13H2,(H,23,27)/t14-,17?/m1/s1. The fourth-order valence-corrected chi connectivity index (χ4v) is 4.07. The Morgan fingerprint density at radius 1 is 1.11 bits per heavy atom. The topological polar surface area (TPSA) is 92.3 Å². The summed E-state index contributed by atoms with van der Waals surface area (Å²) in [7, 11) is 0. The van der Waals surface area contributed by atoms with Gasteiger partial charge >= 0.3 is 0 Å². The molecule has 1 fully saturated rings. The third-order valence-electron chi connectivity index (χ3n) is 5.47. The number of nitrogens with zero attached hydrogens (tertiary/aromatic N) is 3. The van der Waals surface area contributed by atoms with Crippen molar-refractivity contribution in [3.05, 3.63) is 59.4 Å². The molecule has 0 bridgehead atoms. The second kappa shape index (κ2) is 7.88. The summed E-state index contributed by atoms with van der Waals surface area (Å²) in [6, 6.07) is 10.6. The highest BCUT2D eigenvalue weighted by molar-refractivity contribution is 6.01. The zero-order valence-electron chi connectivity index (χ0n) is 15.5. The monoisotopic (exact) mass is 378 g/mol. The smallest absolute Gasteiger partial charge is 0.272 e. The van der Waals surface area contributed by atoms with Gasteiger partial charge in [-0.15, -0.1) is 5.10 Å². The van der Waals surface area contributed by atoms with Crippen LogP contribution in [-0.2, 0) is 4.79 Å². The molecular weight excluding hydrogens is 356 g/mol. The zero-order chi connectivity index (χ0) is 19.5. The molecule has 1 N–H and O–H groups in total. The lowest BCUT2D eigenvalue weighted by Crippen LogP contribution is -2.51. The number of rotatable bonds is 3. The van der Waals surface area contributed by atoms with E-state index in [0.717, 1.165) is 18.4 Å². The Kier molecular flexibility index (Phi) is 5.14. The predicted molar refractivity (Wildman–Crippen MR) is 102 cm³/mol. The van der Waals surface area contributed by atoms with Crippen LogP contribution in [0, 0.1) is 0 Å². The number of amides is 2. The first kappa shape index (κ1) is 18.3. The number of ketones is 1. The molecule has 2 aromatic rings. The summed E-state index contributed by atoms with van der Waals surface area (Å²) in [5.74, 6) is -0.421. The molecule has 0 spiro atoms. The van der Waals surface area contributed by atoms with Gasteiger partial charge in [-0.3, -0.25) is 14.4 Å². The van der Waals surface area contributed by atoms with Crippen molar-refractivity contribution in [3.8, 4) is 0 Å². The first-order valence-corrected chi connectivity index (χ1v) is 9.63. The van der Waals surface area contributed by atoms with Gasteiger partial charge in [0.2, 0.25) is 5.91 Å². The highest BCUT2D eigenvalue weighted by atomic mass is 16.2. The molecule has 1 aromatic heterocycles. The quantitative estimate of drug-likeness (QED) is 0.881. The van der Waals surface area contributed by atoms with Gasteiger partial charge in [0.15, 0.2) is 11.5 Å². The Morgan fingerprint density at radius 3 is 2.79 bits per heavy atom. The number of aromatic nitrogens is 2. The highest BCUT2D eigenvalue weighted by Gasteiger charge is 2.35. The van der Waals surface area contributed by atoms with Crippen LogP contribution in [0.15, 0.2) is 42.6 Å². The zero-order valence-corrected chi connectivity index (χ0v) is 15.5. The van der Waals surface area contributed by atoms with E-state index >= 15 is 0 Å². The molecular formula is C21H22N4O3. The summed E-state index contributed by atoms with van der Waals surface area (Å²) in [5.41, 5.74) is 1.76. The number of carbonyl (C=O) groups is 3. The lowest BCUT2D eigenvalue weighted by molar-refractivity contribution is -0.134. The van der Waals surface area contributed by atoms with E-state index in [0.29, 0.717) is 31.5 Å². The molecule has 1 aliphatic carbocycles.